The number of anilines is 1. The van der Waals surface area contributed by atoms with E-state index in [-0.39, 0.29) is 6.03 Å². The highest BCUT2D eigenvalue weighted by molar-refractivity contribution is 6.33. The first-order valence-corrected chi connectivity index (χ1v) is 13.7. The van der Waals surface area contributed by atoms with Crippen LogP contribution in [-0.4, -0.2) is 74.0 Å². The molecule has 0 unspecified atom stereocenters. The number of methoxy groups -OCH3 is 1. The molecule has 4 rings (SSSR count). The minimum Gasteiger partial charge on any atom is -0.493 e. The Balaban J connectivity index is 1.36. The van der Waals surface area contributed by atoms with Crippen LogP contribution < -0.4 is 24.8 Å². The van der Waals surface area contributed by atoms with Crippen LogP contribution in [0.15, 0.2) is 36.7 Å². The van der Waals surface area contributed by atoms with E-state index in [1.54, 1.807) is 25.3 Å². The number of benzene rings is 2. The molecule has 1 saturated heterocycles. The number of nitrogens with zero attached hydrogens (tertiary/aromatic N) is 3. The average Bonchev–Trinajstić information content (AvgIpc) is 2.95. The molecule has 39 heavy (non-hydrogen) atoms. The Morgan fingerprint density at radius 1 is 1.10 bits per heavy atom. The highest BCUT2D eigenvalue weighted by atomic mass is 35.5. The van der Waals surface area contributed by atoms with Gasteiger partial charge in [-0.1, -0.05) is 18.5 Å². The summed E-state index contributed by atoms with van der Waals surface area (Å²) in [5.74, 6) is 2.02. The third kappa shape index (κ3) is 8.32. The monoisotopic (exact) mass is 557 g/mol. The zero-order valence-electron chi connectivity index (χ0n) is 22.5. The fraction of sp³-hybridized carbons (Fsp3) is 0.464. The van der Waals surface area contributed by atoms with E-state index in [1.165, 1.54) is 6.33 Å². The van der Waals surface area contributed by atoms with Gasteiger partial charge in [-0.3, -0.25) is 4.90 Å². The summed E-state index contributed by atoms with van der Waals surface area (Å²) in [6.07, 6.45) is 5.46. The summed E-state index contributed by atoms with van der Waals surface area (Å²) < 4.78 is 23.1. The molecule has 210 valence electrons. The normalized spacial score (nSPS) is 13.7. The molecule has 2 amide bonds. The SMILES string of the molecule is CCCNC(=O)Nc1ccc(Oc2ncnc3cc(OCCCCCN4CCOCC4)c(OC)cc23)cc1Cl. The molecule has 2 N–H and O–H groups in total. The fourth-order valence-electron chi connectivity index (χ4n) is 4.19. The van der Waals surface area contributed by atoms with Crippen molar-refractivity contribution in [3.05, 3.63) is 41.7 Å². The highest BCUT2D eigenvalue weighted by Crippen LogP contribution is 2.37. The summed E-state index contributed by atoms with van der Waals surface area (Å²) in [4.78, 5) is 23.1. The Kier molecular flexibility index (Phi) is 10.8. The van der Waals surface area contributed by atoms with Crippen LogP contribution >= 0.6 is 11.6 Å². The number of urea groups is 1. The minimum absolute atomic E-state index is 0.313. The molecule has 1 aliphatic heterocycles. The van der Waals surface area contributed by atoms with E-state index in [0.717, 1.165) is 58.5 Å². The highest BCUT2D eigenvalue weighted by Gasteiger charge is 2.15. The third-order valence-corrected chi connectivity index (χ3v) is 6.62. The van der Waals surface area contributed by atoms with Crippen molar-refractivity contribution in [1.82, 2.24) is 20.2 Å². The summed E-state index contributed by atoms with van der Waals surface area (Å²) in [5.41, 5.74) is 1.15. The number of hydrogen-bond donors (Lipinski definition) is 2. The molecular weight excluding hydrogens is 522 g/mol. The van der Waals surface area contributed by atoms with Crippen LogP contribution in [0.25, 0.3) is 10.9 Å². The zero-order valence-corrected chi connectivity index (χ0v) is 23.3. The molecule has 11 heteroatoms. The van der Waals surface area contributed by atoms with Crippen molar-refractivity contribution < 1.29 is 23.7 Å². The van der Waals surface area contributed by atoms with Crippen LogP contribution in [0.1, 0.15) is 32.6 Å². The molecule has 0 aliphatic carbocycles. The van der Waals surface area contributed by atoms with Crippen molar-refractivity contribution in [3.63, 3.8) is 0 Å². The molecule has 1 aromatic heterocycles. The number of nitrogens with one attached hydrogen (secondary N) is 2. The van der Waals surface area contributed by atoms with Gasteiger partial charge in [0.25, 0.3) is 0 Å². The summed E-state index contributed by atoms with van der Waals surface area (Å²) in [5, 5.41) is 6.49. The molecule has 0 atom stereocenters. The molecule has 0 spiro atoms. The molecule has 10 nitrogen and oxygen atoms in total. The number of carbonyl (C=O) groups excluding carboxylic acids is 1. The molecule has 2 aromatic carbocycles. The quantitative estimate of drug-likeness (QED) is 0.265. The lowest BCUT2D eigenvalue weighted by molar-refractivity contribution is 0.0370. The molecule has 3 aromatic rings. The maximum Gasteiger partial charge on any atom is 0.319 e. The van der Waals surface area contributed by atoms with Gasteiger partial charge in [-0.15, -0.1) is 0 Å². The predicted octanol–water partition coefficient (Wildman–Crippen LogP) is 5.50. The largest absolute Gasteiger partial charge is 0.493 e. The van der Waals surface area contributed by atoms with Crippen LogP contribution in [0.2, 0.25) is 5.02 Å². The van der Waals surface area contributed by atoms with E-state index >= 15 is 0 Å². The molecule has 0 bridgehead atoms. The Bertz CT molecular complexity index is 1240. The van der Waals surface area contributed by atoms with Crippen LogP contribution in [0, 0.1) is 0 Å². The van der Waals surface area contributed by atoms with Gasteiger partial charge in [-0.2, -0.15) is 0 Å². The number of morpholine rings is 1. The molecule has 1 fully saturated rings. The minimum atomic E-state index is -0.313. The van der Waals surface area contributed by atoms with Crippen molar-refractivity contribution >= 4 is 34.2 Å². The molecule has 0 radical (unpaired) electrons. The van der Waals surface area contributed by atoms with E-state index in [0.29, 0.717) is 57.9 Å². The van der Waals surface area contributed by atoms with Crippen LogP contribution in [-0.2, 0) is 4.74 Å². The van der Waals surface area contributed by atoms with E-state index in [1.807, 2.05) is 19.1 Å². The van der Waals surface area contributed by atoms with Crippen LogP contribution in [0.5, 0.6) is 23.1 Å². The number of halogens is 1. The number of fused-ring (bicyclic) bond motifs is 1. The number of ether oxygens (including phenoxy) is 4. The van der Waals surface area contributed by atoms with Gasteiger partial charge in [-0.05, 0) is 50.4 Å². The number of amides is 2. The lowest BCUT2D eigenvalue weighted by atomic mass is 10.2. The molecule has 0 saturated carbocycles. The first-order chi connectivity index (χ1) is 19.1. The number of unbranched alkanes of at least 4 members (excludes halogenated alkanes) is 2. The van der Waals surface area contributed by atoms with E-state index in [9.17, 15) is 4.79 Å². The van der Waals surface area contributed by atoms with Crippen molar-refractivity contribution in [1.29, 1.82) is 0 Å². The van der Waals surface area contributed by atoms with Crippen LogP contribution in [0.3, 0.4) is 0 Å². The second kappa shape index (κ2) is 14.7. The summed E-state index contributed by atoms with van der Waals surface area (Å²) in [6.45, 7) is 7.95. The van der Waals surface area contributed by atoms with Gasteiger partial charge in [-0.25, -0.2) is 14.8 Å². The van der Waals surface area contributed by atoms with Crippen LogP contribution in [0.4, 0.5) is 10.5 Å². The lowest BCUT2D eigenvalue weighted by Crippen LogP contribution is -2.36. The van der Waals surface area contributed by atoms with Gasteiger partial charge in [0.15, 0.2) is 11.5 Å². The van der Waals surface area contributed by atoms with E-state index < -0.39 is 0 Å². The maximum atomic E-state index is 11.9. The Hall–Kier alpha value is -3.34. The molecule has 1 aliphatic rings. The second-order valence-electron chi connectivity index (χ2n) is 9.19. The van der Waals surface area contributed by atoms with Gasteiger partial charge >= 0.3 is 6.03 Å². The van der Waals surface area contributed by atoms with Gasteiger partial charge in [0.1, 0.15) is 12.1 Å². The summed E-state index contributed by atoms with van der Waals surface area (Å²) >= 11 is 6.38. The Morgan fingerprint density at radius 2 is 1.95 bits per heavy atom. The predicted molar refractivity (Wildman–Crippen MR) is 152 cm³/mol. The van der Waals surface area contributed by atoms with Gasteiger partial charge in [0.2, 0.25) is 5.88 Å². The first-order valence-electron chi connectivity index (χ1n) is 13.3. The number of aromatic nitrogens is 2. The topological polar surface area (TPSA) is 107 Å². The maximum absolute atomic E-state index is 11.9. The van der Waals surface area contributed by atoms with E-state index in [4.69, 9.17) is 30.5 Å². The van der Waals surface area contributed by atoms with Crippen molar-refractivity contribution in [2.75, 3.05) is 58.4 Å². The number of rotatable bonds is 13. The molecular formula is C28H36ClN5O5. The van der Waals surface area contributed by atoms with Crippen molar-refractivity contribution in [2.45, 2.75) is 32.6 Å². The van der Waals surface area contributed by atoms with Crippen molar-refractivity contribution in [2.24, 2.45) is 0 Å². The molecule has 2 heterocycles. The second-order valence-corrected chi connectivity index (χ2v) is 9.59. The number of carbonyl (C=O) groups is 1. The fourth-order valence-corrected chi connectivity index (χ4v) is 4.41. The zero-order chi connectivity index (χ0) is 27.5. The lowest BCUT2D eigenvalue weighted by Gasteiger charge is -2.26. The third-order valence-electron chi connectivity index (χ3n) is 6.30. The standard InChI is InChI=1S/C28H36ClN5O5/c1-3-9-30-28(35)33-23-8-7-20(16-22(23)29)39-27-21-17-25(36-2)26(18-24(21)31-19-32-27)38-13-6-4-5-10-34-11-14-37-15-12-34/h7-8,16-19H,3-6,9-15H2,1-2H3,(H2,30,33,35). The number of hydrogen-bond acceptors (Lipinski definition) is 8. The van der Waals surface area contributed by atoms with Crippen molar-refractivity contribution in [3.8, 4) is 23.1 Å². The summed E-state index contributed by atoms with van der Waals surface area (Å²) in [7, 11) is 1.60. The first kappa shape index (κ1) is 28.7. The van der Waals surface area contributed by atoms with Gasteiger partial charge in [0, 0.05) is 31.8 Å². The smallest absolute Gasteiger partial charge is 0.319 e. The van der Waals surface area contributed by atoms with Gasteiger partial charge < -0.3 is 29.6 Å². The summed E-state index contributed by atoms with van der Waals surface area (Å²) in [6, 6.07) is 8.36. The Labute approximate surface area is 233 Å². The Morgan fingerprint density at radius 3 is 2.72 bits per heavy atom. The average molecular weight is 558 g/mol. The van der Waals surface area contributed by atoms with Gasteiger partial charge in [0.05, 0.1) is 48.5 Å². The van der Waals surface area contributed by atoms with E-state index in [2.05, 4.69) is 25.5 Å².